The number of hydrogen-bond donors (Lipinski definition) is 4. The van der Waals surface area contributed by atoms with Gasteiger partial charge in [0.15, 0.2) is 0 Å². The van der Waals surface area contributed by atoms with Crippen molar-refractivity contribution in [3.63, 3.8) is 0 Å². The van der Waals surface area contributed by atoms with E-state index in [-0.39, 0.29) is 30.3 Å². The van der Waals surface area contributed by atoms with Gasteiger partial charge in [-0.25, -0.2) is 0 Å². The molecule has 1 saturated heterocycles. The quantitative estimate of drug-likeness (QED) is 0.178. The molecule has 3 aromatic carbocycles. The molecule has 7 rings (SSSR count). The molecule has 3 aliphatic carbocycles. The number of aliphatic hydroxyl groups excluding tert-OH is 2. The monoisotopic (exact) mass is 698 g/mol. The molecule has 9 atom stereocenters. The first-order valence-corrected chi connectivity index (χ1v) is 18.7. The molecule has 51 heavy (non-hydrogen) atoms. The number of fused-ring (bicyclic) bond motifs is 2. The van der Waals surface area contributed by atoms with Crippen molar-refractivity contribution in [1.29, 1.82) is 0 Å². The normalized spacial score (nSPS) is 28.4. The molecular formula is C42H58N4O5. The average molecular weight is 699 g/mol. The van der Waals surface area contributed by atoms with E-state index in [0.717, 1.165) is 29.7 Å². The number of benzene rings is 3. The minimum Gasteiger partial charge on any atom is -0.508 e. The van der Waals surface area contributed by atoms with Gasteiger partial charge < -0.3 is 25.5 Å². The van der Waals surface area contributed by atoms with Crippen LogP contribution in [0.5, 0.6) is 5.75 Å². The molecule has 1 heterocycles. The van der Waals surface area contributed by atoms with Crippen molar-refractivity contribution in [1.82, 2.24) is 20.2 Å². The van der Waals surface area contributed by atoms with E-state index in [2.05, 4.69) is 86.4 Å². The molecule has 4 N–H and O–H groups in total. The molecule has 3 saturated carbocycles. The number of hydroxylamine groups is 2. The van der Waals surface area contributed by atoms with Crippen LogP contribution in [0.2, 0.25) is 0 Å². The van der Waals surface area contributed by atoms with E-state index in [4.69, 9.17) is 4.84 Å². The van der Waals surface area contributed by atoms with Gasteiger partial charge in [0.05, 0.1) is 19.3 Å². The van der Waals surface area contributed by atoms with Crippen LogP contribution in [0.25, 0.3) is 0 Å². The topological polar surface area (TPSA) is 109 Å². The molecule has 276 valence electrons. The smallest absolute Gasteiger partial charge is 0.240 e. The van der Waals surface area contributed by atoms with Crippen LogP contribution in [0.1, 0.15) is 68.8 Å². The number of amides is 1. The molecule has 0 unspecified atom stereocenters. The summed E-state index contributed by atoms with van der Waals surface area (Å²) in [6, 6.07) is 25.8. The van der Waals surface area contributed by atoms with Gasteiger partial charge in [-0.2, -0.15) is 5.06 Å². The second-order valence-corrected chi connectivity index (χ2v) is 16.3. The highest BCUT2D eigenvalue weighted by atomic mass is 16.7. The van der Waals surface area contributed by atoms with Crippen LogP contribution in [0.15, 0.2) is 78.9 Å². The molecule has 2 bridgehead atoms. The summed E-state index contributed by atoms with van der Waals surface area (Å²) in [6.07, 6.45) is 0.662. The van der Waals surface area contributed by atoms with Crippen molar-refractivity contribution in [2.24, 2.45) is 29.1 Å². The Bertz CT molecular complexity index is 1620. The number of phenolic OH excluding ortho intramolecular Hbond substituents is 1. The van der Waals surface area contributed by atoms with Crippen LogP contribution < -0.4 is 5.32 Å². The van der Waals surface area contributed by atoms with E-state index in [1.165, 1.54) is 12.0 Å². The van der Waals surface area contributed by atoms with Crippen molar-refractivity contribution in [2.75, 3.05) is 27.2 Å². The molecule has 0 spiro atoms. The Morgan fingerprint density at radius 2 is 1.65 bits per heavy atom. The van der Waals surface area contributed by atoms with Crippen LogP contribution in [-0.4, -0.2) is 87.6 Å². The Kier molecular flexibility index (Phi) is 11.6. The largest absolute Gasteiger partial charge is 0.508 e. The minimum absolute atomic E-state index is 0.0816. The van der Waals surface area contributed by atoms with Crippen molar-refractivity contribution >= 4 is 5.91 Å². The highest BCUT2D eigenvalue weighted by Gasteiger charge is 2.57. The first-order valence-electron chi connectivity index (χ1n) is 18.7. The van der Waals surface area contributed by atoms with Crippen molar-refractivity contribution in [2.45, 2.75) is 90.5 Å². The molecule has 0 radical (unpaired) electrons. The summed E-state index contributed by atoms with van der Waals surface area (Å²) < 4.78 is 0. The SMILES string of the molecule is C[C@@H]1[C@@H](NC(=O)[C@@H]2[C@H]([C@H](C)O)[C@H](CO)ON2Cc2cccc(CN(Cc3cccc(O)c3)[C@H](CN(C)C)c3ccccc3)c2)C[C@@H]2C[C@H]1C2(C)C. The fourth-order valence-electron chi connectivity index (χ4n) is 9.34. The molecular weight excluding hydrogens is 640 g/mol. The molecule has 4 fully saturated rings. The maximum atomic E-state index is 14.2. The Labute approximate surface area is 304 Å². The van der Waals surface area contributed by atoms with E-state index in [1.807, 2.05) is 36.4 Å². The Balaban J connectivity index is 1.24. The number of nitrogens with one attached hydrogen (secondary N) is 1. The van der Waals surface area contributed by atoms with Gasteiger partial charge >= 0.3 is 0 Å². The van der Waals surface area contributed by atoms with E-state index in [1.54, 1.807) is 18.1 Å². The van der Waals surface area contributed by atoms with Gasteiger partial charge in [0.2, 0.25) is 5.91 Å². The van der Waals surface area contributed by atoms with E-state index in [9.17, 15) is 20.1 Å². The Morgan fingerprint density at radius 3 is 2.25 bits per heavy atom. The standard InChI is InChI=1S/C42H58N4O5/c1-27-35-20-33(42(35,3)4)21-36(27)43-41(50)40-39(28(2)48)38(26-47)51-46(40)24-30-13-10-12-29(18-30)22-45(23-31-14-11-17-34(49)19-31)37(25-44(5)6)32-15-8-7-9-16-32/h7-19,27-28,33,35-40,47-49H,20-26H2,1-6H3,(H,43,50)/t27-,28-,33-,35+,36-,37+,38-,39+,40-/m0/s1. The predicted octanol–water partition coefficient (Wildman–Crippen LogP) is 5.36. The number of phenols is 1. The maximum absolute atomic E-state index is 14.2. The molecule has 0 aromatic heterocycles. The lowest BCUT2D eigenvalue weighted by atomic mass is 9.45. The lowest BCUT2D eigenvalue weighted by Gasteiger charge is -2.62. The molecule has 3 aromatic rings. The number of rotatable bonds is 14. The summed E-state index contributed by atoms with van der Waals surface area (Å²) in [5.74, 6) is 1.10. The van der Waals surface area contributed by atoms with Crippen molar-refractivity contribution < 1.29 is 25.0 Å². The van der Waals surface area contributed by atoms with E-state index >= 15 is 0 Å². The maximum Gasteiger partial charge on any atom is 0.240 e. The van der Waals surface area contributed by atoms with Crippen LogP contribution in [0, 0.1) is 29.1 Å². The van der Waals surface area contributed by atoms with Gasteiger partial charge in [0, 0.05) is 37.6 Å². The average Bonchev–Trinajstić information content (AvgIpc) is 3.46. The highest BCUT2D eigenvalue weighted by molar-refractivity contribution is 5.82. The van der Waals surface area contributed by atoms with Crippen molar-refractivity contribution in [3.05, 3.63) is 101 Å². The predicted molar refractivity (Wildman–Crippen MR) is 199 cm³/mol. The second kappa shape index (κ2) is 15.7. The third-order valence-corrected chi connectivity index (χ3v) is 12.2. The zero-order valence-electron chi connectivity index (χ0n) is 31.2. The fraction of sp³-hybridized carbons (Fsp3) is 0.548. The summed E-state index contributed by atoms with van der Waals surface area (Å²) in [4.78, 5) is 25.1. The molecule has 1 aliphatic heterocycles. The van der Waals surface area contributed by atoms with Gasteiger partial charge in [-0.3, -0.25) is 14.5 Å². The lowest BCUT2D eigenvalue weighted by molar-refractivity contribution is -0.183. The molecule has 9 heteroatoms. The number of carbonyl (C=O) groups is 1. The van der Waals surface area contributed by atoms with Gasteiger partial charge in [0.25, 0.3) is 0 Å². The number of aliphatic hydroxyl groups is 2. The third-order valence-electron chi connectivity index (χ3n) is 12.2. The number of likely N-dealkylation sites (N-methyl/N-ethyl adjacent to an activating group) is 1. The van der Waals surface area contributed by atoms with Crippen molar-refractivity contribution in [3.8, 4) is 5.75 Å². The minimum atomic E-state index is -0.844. The van der Waals surface area contributed by atoms with Crippen LogP contribution in [0.3, 0.4) is 0 Å². The number of carbonyl (C=O) groups excluding carboxylic acids is 1. The third kappa shape index (κ3) is 8.19. The molecule has 9 nitrogen and oxygen atoms in total. The first-order chi connectivity index (χ1) is 24.3. The number of nitrogens with zero attached hydrogens (tertiary/aromatic N) is 3. The van der Waals surface area contributed by atoms with Crippen LogP contribution in [0.4, 0.5) is 0 Å². The first kappa shape index (κ1) is 37.4. The highest BCUT2D eigenvalue weighted by Crippen LogP contribution is 2.61. The number of hydrogen-bond acceptors (Lipinski definition) is 8. The summed E-state index contributed by atoms with van der Waals surface area (Å²) in [5.41, 5.74) is 4.64. The summed E-state index contributed by atoms with van der Waals surface area (Å²) in [5, 5.41) is 36.5. The van der Waals surface area contributed by atoms with Gasteiger partial charge in [-0.15, -0.1) is 0 Å². The zero-order valence-corrected chi connectivity index (χ0v) is 31.2. The molecule has 4 aliphatic rings. The van der Waals surface area contributed by atoms with Gasteiger partial charge in [-0.1, -0.05) is 87.5 Å². The van der Waals surface area contributed by atoms with Gasteiger partial charge in [-0.05, 0) is 91.4 Å². The fourth-order valence-corrected chi connectivity index (χ4v) is 9.34. The zero-order chi connectivity index (χ0) is 36.4. The number of aromatic hydroxyl groups is 1. The second-order valence-electron chi connectivity index (χ2n) is 16.3. The molecule has 1 amide bonds. The summed E-state index contributed by atoms with van der Waals surface area (Å²) in [6.45, 7) is 10.8. The Hall–Kier alpha value is -3.31. The van der Waals surface area contributed by atoms with Crippen LogP contribution >= 0.6 is 0 Å². The van der Waals surface area contributed by atoms with E-state index < -0.39 is 24.2 Å². The Morgan fingerprint density at radius 1 is 0.980 bits per heavy atom. The summed E-state index contributed by atoms with van der Waals surface area (Å²) in [7, 11) is 4.18. The van der Waals surface area contributed by atoms with Crippen LogP contribution in [-0.2, 0) is 29.3 Å². The van der Waals surface area contributed by atoms with E-state index in [0.29, 0.717) is 42.8 Å². The van der Waals surface area contributed by atoms with Gasteiger partial charge in [0.1, 0.15) is 17.9 Å². The lowest BCUT2D eigenvalue weighted by Crippen LogP contribution is -2.62. The summed E-state index contributed by atoms with van der Waals surface area (Å²) >= 11 is 0.